The fraction of sp³-hybridized carbons (Fsp3) is 1.00. The van der Waals surface area contributed by atoms with Crippen molar-refractivity contribution < 1.29 is 4.74 Å². The Labute approximate surface area is 107 Å². The molecule has 0 radical (unpaired) electrons. The van der Waals surface area contributed by atoms with Crippen molar-refractivity contribution in [1.82, 2.24) is 10.2 Å². The average Bonchev–Trinajstić information content (AvgIpc) is 3.10. The average molecular weight is 242 g/mol. The van der Waals surface area contributed by atoms with Gasteiger partial charge in [-0.1, -0.05) is 13.8 Å². The van der Waals surface area contributed by atoms with Crippen LogP contribution in [0.5, 0.6) is 0 Å². The minimum absolute atomic E-state index is 0.491. The van der Waals surface area contributed by atoms with Gasteiger partial charge >= 0.3 is 0 Å². The molecular weight excluding hydrogens is 212 g/mol. The van der Waals surface area contributed by atoms with Crippen LogP contribution < -0.4 is 5.32 Å². The molecule has 0 saturated heterocycles. The molecule has 17 heavy (non-hydrogen) atoms. The molecule has 1 unspecified atom stereocenters. The molecule has 0 spiro atoms. The zero-order chi connectivity index (χ0) is 12.5. The molecular formula is C14H30N2O. The number of hydrogen-bond donors (Lipinski definition) is 1. The summed E-state index contributed by atoms with van der Waals surface area (Å²) in [5, 5.41) is 3.59. The van der Waals surface area contributed by atoms with Gasteiger partial charge in [-0.3, -0.25) is 0 Å². The molecule has 1 rings (SSSR count). The first-order chi connectivity index (χ1) is 8.30. The van der Waals surface area contributed by atoms with Crippen molar-refractivity contribution >= 4 is 0 Å². The first-order valence-corrected chi connectivity index (χ1v) is 7.24. The number of methoxy groups -OCH3 is 1. The summed E-state index contributed by atoms with van der Waals surface area (Å²) in [6, 6.07) is 0.491. The van der Waals surface area contributed by atoms with Gasteiger partial charge in [0, 0.05) is 26.2 Å². The maximum absolute atomic E-state index is 5.31. The Kier molecular flexibility index (Phi) is 7.82. The molecule has 3 nitrogen and oxygen atoms in total. The van der Waals surface area contributed by atoms with Gasteiger partial charge in [0.1, 0.15) is 0 Å². The lowest BCUT2D eigenvalue weighted by Gasteiger charge is -2.27. The summed E-state index contributed by atoms with van der Waals surface area (Å²) < 4.78 is 5.31. The third-order valence-corrected chi connectivity index (χ3v) is 3.28. The van der Waals surface area contributed by atoms with E-state index < -0.39 is 0 Å². The Morgan fingerprint density at radius 2 is 2.06 bits per heavy atom. The predicted molar refractivity (Wildman–Crippen MR) is 73.4 cm³/mol. The highest BCUT2D eigenvalue weighted by Gasteiger charge is 2.25. The molecule has 1 aliphatic rings. The number of nitrogens with zero attached hydrogens (tertiary/aromatic N) is 1. The van der Waals surface area contributed by atoms with Crippen LogP contribution in [0.15, 0.2) is 0 Å². The first-order valence-electron chi connectivity index (χ1n) is 7.24. The normalized spacial score (nSPS) is 17.6. The standard InChI is InChI=1S/C14H30N2O/c1-4-8-15-14(12-17-3)11-16(9-5-2)10-13-6-7-13/h13-15H,4-12H2,1-3H3. The van der Waals surface area contributed by atoms with Crippen LogP contribution in [-0.4, -0.2) is 50.8 Å². The molecule has 0 heterocycles. The Morgan fingerprint density at radius 3 is 2.59 bits per heavy atom. The highest BCUT2D eigenvalue weighted by molar-refractivity contribution is 4.80. The quantitative estimate of drug-likeness (QED) is 0.601. The lowest BCUT2D eigenvalue weighted by Crippen LogP contribution is -2.45. The summed E-state index contributed by atoms with van der Waals surface area (Å²) in [7, 11) is 1.80. The number of nitrogens with one attached hydrogen (secondary N) is 1. The zero-order valence-electron chi connectivity index (χ0n) is 11.9. The van der Waals surface area contributed by atoms with Gasteiger partial charge in [0.25, 0.3) is 0 Å². The molecule has 3 heteroatoms. The van der Waals surface area contributed by atoms with Crippen molar-refractivity contribution in [2.45, 2.75) is 45.6 Å². The monoisotopic (exact) mass is 242 g/mol. The lowest BCUT2D eigenvalue weighted by atomic mass is 10.2. The maximum atomic E-state index is 5.31. The summed E-state index contributed by atoms with van der Waals surface area (Å²) in [6.45, 7) is 10.1. The highest BCUT2D eigenvalue weighted by atomic mass is 16.5. The van der Waals surface area contributed by atoms with Gasteiger partial charge in [0.2, 0.25) is 0 Å². The number of rotatable bonds is 11. The van der Waals surface area contributed by atoms with E-state index in [9.17, 15) is 0 Å². The lowest BCUT2D eigenvalue weighted by molar-refractivity contribution is 0.135. The molecule has 1 saturated carbocycles. The van der Waals surface area contributed by atoms with Crippen molar-refractivity contribution in [3.05, 3.63) is 0 Å². The third-order valence-electron chi connectivity index (χ3n) is 3.28. The molecule has 1 fully saturated rings. The van der Waals surface area contributed by atoms with E-state index >= 15 is 0 Å². The summed E-state index contributed by atoms with van der Waals surface area (Å²) in [5.41, 5.74) is 0. The van der Waals surface area contributed by atoms with Gasteiger partial charge in [-0.15, -0.1) is 0 Å². The molecule has 0 aromatic rings. The van der Waals surface area contributed by atoms with E-state index in [1.54, 1.807) is 7.11 Å². The Hall–Kier alpha value is -0.120. The van der Waals surface area contributed by atoms with Crippen molar-refractivity contribution in [3.8, 4) is 0 Å². The minimum Gasteiger partial charge on any atom is -0.383 e. The molecule has 0 aromatic heterocycles. The molecule has 0 aromatic carbocycles. The van der Waals surface area contributed by atoms with Gasteiger partial charge in [-0.25, -0.2) is 0 Å². The van der Waals surface area contributed by atoms with Crippen LogP contribution >= 0.6 is 0 Å². The van der Waals surface area contributed by atoms with Gasteiger partial charge < -0.3 is 15.0 Å². The van der Waals surface area contributed by atoms with Crippen LogP contribution in [0.2, 0.25) is 0 Å². The van der Waals surface area contributed by atoms with E-state index in [-0.39, 0.29) is 0 Å². The SMILES string of the molecule is CCCNC(COC)CN(CCC)CC1CC1. The molecule has 0 bridgehead atoms. The topological polar surface area (TPSA) is 24.5 Å². The minimum atomic E-state index is 0.491. The molecule has 1 atom stereocenters. The number of ether oxygens (including phenoxy) is 1. The van der Waals surface area contributed by atoms with E-state index in [4.69, 9.17) is 4.74 Å². The fourth-order valence-corrected chi connectivity index (χ4v) is 2.28. The third kappa shape index (κ3) is 7.02. The van der Waals surface area contributed by atoms with Crippen molar-refractivity contribution in [1.29, 1.82) is 0 Å². The van der Waals surface area contributed by atoms with Crippen molar-refractivity contribution in [2.75, 3.05) is 39.9 Å². The van der Waals surface area contributed by atoms with E-state index in [0.717, 1.165) is 25.6 Å². The van der Waals surface area contributed by atoms with Gasteiger partial charge in [-0.05, 0) is 44.7 Å². The molecule has 0 amide bonds. The number of hydrogen-bond acceptors (Lipinski definition) is 3. The smallest absolute Gasteiger partial charge is 0.0628 e. The Morgan fingerprint density at radius 1 is 1.29 bits per heavy atom. The van der Waals surface area contributed by atoms with E-state index in [1.165, 1.54) is 38.8 Å². The van der Waals surface area contributed by atoms with Crippen LogP contribution in [0.3, 0.4) is 0 Å². The molecule has 102 valence electrons. The molecule has 1 aliphatic carbocycles. The second-order valence-electron chi connectivity index (χ2n) is 5.31. The van der Waals surface area contributed by atoms with Crippen LogP contribution in [0.25, 0.3) is 0 Å². The van der Waals surface area contributed by atoms with Crippen LogP contribution in [0, 0.1) is 5.92 Å². The zero-order valence-corrected chi connectivity index (χ0v) is 11.9. The molecule has 1 N–H and O–H groups in total. The second kappa shape index (κ2) is 8.90. The maximum Gasteiger partial charge on any atom is 0.0628 e. The van der Waals surface area contributed by atoms with E-state index in [1.807, 2.05) is 0 Å². The van der Waals surface area contributed by atoms with Crippen LogP contribution in [-0.2, 0) is 4.74 Å². The Balaban J connectivity index is 2.29. The summed E-state index contributed by atoms with van der Waals surface area (Å²) in [6.07, 6.45) is 5.33. The predicted octanol–water partition coefficient (Wildman–Crippen LogP) is 2.12. The summed E-state index contributed by atoms with van der Waals surface area (Å²) in [5.74, 6) is 0.982. The largest absolute Gasteiger partial charge is 0.383 e. The highest BCUT2D eigenvalue weighted by Crippen LogP contribution is 2.29. The second-order valence-corrected chi connectivity index (χ2v) is 5.31. The van der Waals surface area contributed by atoms with Gasteiger partial charge in [-0.2, -0.15) is 0 Å². The van der Waals surface area contributed by atoms with E-state index in [2.05, 4.69) is 24.1 Å². The Bertz CT molecular complexity index is 183. The van der Waals surface area contributed by atoms with Crippen LogP contribution in [0.4, 0.5) is 0 Å². The van der Waals surface area contributed by atoms with Gasteiger partial charge in [0.15, 0.2) is 0 Å². The van der Waals surface area contributed by atoms with Gasteiger partial charge in [0.05, 0.1) is 6.61 Å². The summed E-state index contributed by atoms with van der Waals surface area (Å²) in [4.78, 5) is 2.62. The van der Waals surface area contributed by atoms with Crippen molar-refractivity contribution in [2.24, 2.45) is 5.92 Å². The molecule has 0 aliphatic heterocycles. The fourth-order valence-electron chi connectivity index (χ4n) is 2.28. The van der Waals surface area contributed by atoms with Crippen molar-refractivity contribution in [3.63, 3.8) is 0 Å². The van der Waals surface area contributed by atoms with E-state index in [0.29, 0.717) is 6.04 Å². The van der Waals surface area contributed by atoms with Crippen LogP contribution in [0.1, 0.15) is 39.5 Å². The summed E-state index contributed by atoms with van der Waals surface area (Å²) >= 11 is 0. The first kappa shape index (κ1) is 14.9.